The number of carbonyl (C=O) groups is 4. The second kappa shape index (κ2) is 16.1. The van der Waals surface area contributed by atoms with E-state index in [1.165, 1.54) is 11.8 Å². The van der Waals surface area contributed by atoms with E-state index in [2.05, 4.69) is 16.0 Å². The summed E-state index contributed by atoms with van der Waals surface area (Å²) >= 11 is 1.32. The van der Waals surface area contributed by atoms with Crippen molar-refractivity contribution in [3.05, 3.63) is 161 Å². The Morgan fingerprint density at radius 1 is 0.694 bits per heavy atom. The summed E-state index contributed by atoms with van der Waals surface area (Å²) < 4.78 is 0. The summed E-state index contributed by atoms with van der Waals surface area (Å²) in [6.45, 7) is 0. The first-order valence-electron chi connectivity index (χ1n) is 15.4. The van der Waals surface area contributed by atoms with Crippen LogP contribution in [0, 0.1) is 0 Å². The zero-order valence-electron chi connectivity index (χ0n) is 26.9. The van der Waals surface area contributed by atoms with Crippen LogP contribution in [0.2, 0.25) is 0 Å². The molecule has 9 nitrogen and oxygen atoms in total. The maximum atomic E-state index is 13.7. The standard InChI is InChI=1S/C39H35N5O4S/c1-44(2)32-22-16-26(17-23-32)24-34(43-37(46)29-12-7-4-8-13-29)38(47)42-31-14-9-15-33(25-31)49-35(27-10-5-3-6-11-27)39(48)41-30-20-18-28(19-21-30)36(40)45/h3-25,35H,1-2H3,(H2,40,45)(H,41,48)(H,42,47)(H,43,46)/b34-24+. The summed E-state index contributed by atoms with van der Waals surface area (Å²) in [5.74, 6) is -1.76. The van der Waals surface area contributed by atoms with E-state index >= 15 is 0 Å². The number of primary amides is 1. The zero-order valence-corrected chi connectivity index (χ0v) is 27.7. The van der Waals surface area contributed by atoms with Gasteiger partial charge in [-0.1, -0.05) is 66.7 Å². The number of nitrogens with two attached hydrogens (primary N) is 1. The molecule has 49 heavy (non-hydrogen) atoms. The van der Waals surface area contributed by atoms with E-state index in [1.54, 1.807) is 72.8 Å². The van der Waals surface area contributed by atoms with Gasteiger partial charge in [-0.05, 0) is 83.9 Å². The Kier molecular flexibility index (Phi) is 11.3. The highest BCUT2D eigenvalue weighted by molar-refractivity contribution is 8.00. The second-order valence-electron chi connectivity index (χ2n) is 11.2. The summed E-state index contributed by atoms with van der Waals surface area (Å²) in [5, 5.41) is 7.95. The first-order valence-corrected chi connectivity index (χ1v) is 16.2. The lowest BCUT2D eigenvalue weighted by molar-refractivity contribution is -0.116. The molecule has 5 aromatic rings. The van der Waals surface area contributed by atoms with Crippen LogP contribution in [0.25, 0.3) is 6.08 Å². The first kappa shape index (κ1) is 34.2. The molecule has 0 aliphatic rings. The van der Waals surface area contributed by atoms with Gasteiger partial charge >= 0.3 is 0 Å². The maximum absolute atomic E-state index is 13.7. The lowest BCUT2D eigenvalue weighted by Crippen LogP contribution is -2.30. The third-order valence-corrected chi connectivity index (χ3v) is 8.62. The summed E-state index contributed by atoms with van der Waals surface area (Å²) in [6.07, 6.45) is 1.62. The highest BCUT2D eigenvalue weighted by Gasteiger charge is 2.23. The number of benzene rings is 5. The van der Waals surface area contributed by atoms with Gasteiger partial charge in [0.1, 0.15) is 10.9 Å². The van der Waals surface area contributed by atoms with Crippen molar-refractivity contribution in [2.24, 2.45) is 5.73 Å². The largest absolute Gasteiger partial charge is 0.378 e. The van der Waals surface area contributed by atoms with E-state index in [0.29, 0.717) is 22.5 Å². The topological polar surface area (TPSA) is 134 Å². The van der Waals surface area contributed by atoms with E-state index in [9.17, 15) is 19.2 Å². The average Bonchev–Trinajstić information content (AvgIpc) is 3.11. The summed E-state index contributed by atoms with van der Waals surface area (Å²) in [7, 11) is 3.88. The number of carbonyl (C=O) groups excluding carboxylic acids is 4. The molecule has 10 heteroatoms. The van der Waals surface area contributed by atoms with Crippen LogP contribution in [0.4, 0.5) is 17.1 Å². The van der Waals surface area contributed by atoms with Gasteiger partial charge < -0.3 is 26.6 Å². The van der Waals surface area contributed by atoms with E-state index in [4.69, 9.17) is 5.73 Å². The monoisotopic (exact) mass is 669 g/mol. The molecule has 0 bridgehead atoms. The molecule has 0 fully saturated rings. The van der Waals surface area contributed by atoms with E-state index in [1.807, 2.05) is 85.7 Å². The van der Waals surface area contributed by atoms with Gasteiger partial charge in [-0.15, -0.1) is 11.8 Å². The van der Waals surface area contributed by atoms with Crippen LogP contribution in [0.5, 0.6) is 0 Å². The van der Waals surface area contributed by atoms with Gasteiger partial charge in [-0.2, -0.15) is 0 Å². The van der Waals surface area contributed by atoms with Gasteiger partial charge in [0.15, 0.2) is 0 Å². The SMILES string of the molecule is CN(C)c1ccc(/C=C(/NC(=O)c2ccccc2)C(=O)Nc2cccc(SC(C(=O)Nc3ccc(C(N)=O)cc3)c3ccccc3)c2)cc1. The molecule has 0 saturated heterocycles. The Morgan fingerprint density at radius 3 is 1.98 bits per heavy atom. The summed E-state index contributed by atoms with van der Waals surface area (Å²) in [4.78, 5) is 54.5. The lowest BCUT2D eigenvalue weighted by Gasteiger charge is -2.18. The van der Waals surface area contributed by atoms with Crippen molar-refractivity contribution >= 4 is 58.5 Å². The fraction of sp³-hybridized carbons (Fsp3) is 0.0769. The van der Waals surface area contributed by atoms with Crippen LogP contribution in [0.15, 0.2) is 144 Å². The van der Waals surface area contributed by atoms with Crippen molar-refractivity contribution in [2.45, 2.75) is 10.1 Å². The Balaban J connectivity index is 1.37. The number of hydrogen-bond acceptors (Lipinski definition) is 6. The number of hydrogen-bond donors (Lipinski definition) is 4. The summed E-state index contributed by atoms with van der Waals surface area (Å²) in [5.41, 5.74) is 9.67. The molecule has 5 aromatic carbocycles. The minimum atomic E-state index is -0.645. The first-order chi connectivity index (χ1) is 23.7. The molecule has 0 radical (unpaired) electrons. The van der Waals surface area contributed by atoms with Crippen LogP contribution in [-0.2, 0) is 9.59 Å². The van der Waals surface area contributed by atoms with Crippen molar-refractivity contribution in [1.29, 1.82) is 0 Å². The second-order valence-corrected chi connectivity index (χ2v) is 12.4. The van der Waals surface area contributed by atoms with Crippen molar-refractivity contribution in [3.63, 3.8) is 0 Å². The molecule has 0 heterocycles. The van der Waals surface area contributed by atoms with Gasteiger partial charge in [0, 0.05) is 47.2 Å². The normalized spacial score (nSPS) is 11.6. The Hall–Kier alpha value is -6.13. The highest BCUT2D eigenvalue weighted by Crippen LogP contribution is 2.37. The predicted molar refractivity (Wildman–Crippen MR) is 196 cm³/mol. The van der Waals surface area contributed by atoms with Crippen molar-refractivity contribution in [1.82, 2.24) is 5.32 Å². The molecule has 4 amide bonds. The Bertz CT molecular complexity index is 1960. The third-order valence-electron chi connectivity index (χ3n) is 7.37. The van der Waals surface area contributed by atoms with E-state index < -0.39 is 23.0 Å². The zero-order chi connectivity index (χ0) is 34.8. The Morgan fingerprint density at radius 2 is 1.35 bits per heavy atom. The molecule has 0 aromatic heterocycles. The fourth-order valence-electron chi connectivity index (χ4n) is 4.79. The Labute approximate surface area is 289 Å². The highest BCUT2D eigenvalue weighted by atomic mass is 32.2. The number of anilines is 3. The molecule has 1 unspecified atom stereocenters. The number of rotatable bonds is 12. The number of amides is 4. The smallest absolute Gasteiger partial charge is 0.272 e. The predicted octanol–water partition coefficient (Wildman–Crippen LogP) is 6.73. The molecule has 0 spiro atoms. The van der Waals surface area contributed by atoms with Gasteiger partial charge in [-0.25, -0.2) is 0 Å². The van der Waals surface area contributed by atoms with Gasteiger partial charge in [0.25, 0.3) is 11.8 Å². The lowest BCUT2D eigenvalue weighted by atomic mass is 10.1. The minimum Gasteiger partial charge on any atom is -0.378 e. The van der Waals surface area contributed by atoms with Gasteiger partial charge in [0.2, 0.25) is 11.8 Å². The third kappa shape index (κ3) is 9.46. The molecule has 5 N–H and O–H groups in total. The molecule has 246 valence electrons. The fourth-order valence-corrected chi connectivity index (χ4v) is 5.87. The quantitative estimate of drug-likeness (QED) is 0.0860. The van der Waals surface area contributed by atoms with E-state index in [0.717, 1.165) is 21.7 Å². The number of thioether (sulfide) groups is 1. The molecule has 0 aliphatic carbocycles. The molecule has 0 aliphatic heterocycles. The minimum absolute atomic E-state index is 0.0633. The van der Waals surface area contributed by atoms with Crippen LogP contribution in [-0.4, -0.2) is 37.7 Å². The van der Waals surface area contributed by atoms with E-state index in [-0.39, 0.29) is 11.6 Å². The molecule has 5 rings (SSSR count). The molecular weight excluding hydrogens is 635 g/mol. The summed E-state index contributed by atoms with van der Waals surface area (Å²) in [6, 6.07) is 39.1. The number of nitrogens with zero attached hydrogens (tertiary/aromatic N) is 1. The molecule has 1 atom stereocenters. The van der Waals surface area contributed by atoms with Crippen LogP contribution in [0.1, 0.15) is 37.1 Å². The van der Waals surface area contributed by atoms with Crippen molar-refractivity contribution in [2.75, 3.05) is 29.6 Å². The van der Waals surface area contributed by atoms with Crippen molar-refractivity contribution < 1.29 is 19.2 Å². The molecular formula is C39H35N5O4S. The maximum Gasteiger partial charge on any atom is 0.272 e. The van der Waals surface area contributed by atoms with Crippen molar-refractivity contribution in [3.8, 4) is 0 Å². The van der Waals surface area contributed by atoms with Crippen LogP contribution in [0.3, 0.4) is 0 Å². The average molecular weight is 670 g/mol. The van der Waals surface area contributed by atoms with Gasteiger partial charge in [-0.3, -0.25) is 19.2 Å². The number of nitrogens with one attached hydrogen (secondary N) is 3. The van der Waals surface area contributed by atoms with Gasteiger partial charge in [0.05, 0.1) is 0 Å². The van der Waals surface area contributed by atoms with Crippen LogP contribution >= 0.6 is 11.8 Å². The van der Waals surface area contributed by atoms with Crippen LogP contribution < -0.4 is 26.6 Å². The molecule has 0 saturated carbocycles.